The Morgan fingerprint density at radius 3 is 0.978 bits per heavy atom. The van der Waals surface area contributed by atoms with Gasteiger partial charge in [0.15, 0.2) is 17.5 Å². The summed E-state index contributed by atoms with van der Waals surface area (Å²) >= 11 is 0. The number of hydrogen-bond donors (Lipinski definition) is 0. The second kappa shape index (κ2) is 20.7. The molecule has 0 radical (unpaired) electrons. The highest BCUT2D eigenvalue weighted by Gasteiger charge is 2.38. The van der Waals surface area contributed by atoms with Crippen LogP contribution < -0.4 is 0 Å². The second-order valence-electron chi connectivity index (χ2n) is 23.4. The quantitative estimate of drug-likeness (QED) is 0.145. The van der Waals surface area contributed by atoms with Gasteiger partial charge in [0.1, 0.15) is 0 Å². The summed E-state index contributed by atoms with van der Waals surface area (Å²) in [5.41, 5.74) is 13.4. The van der Waals surface area contributed by atoms with E-state index in [-0.39, 0.29) is 5.56 Å². The van der Waals surface area contributed by atoms with Crippen molar-refractivity contribution in [2.45, 2.75) is 6.18 Å². The first-order valence-electron chi connectivity index (χ1n) is 30.7. The topological polar surface area (TPSA) is 58.4 Å². The third-order valence-electron chi connectivity index (χ3n) is 18.2. The molecule has 0 spiro atoms. The van der Waals surface area contributed by atoms with E-state index in [2.05, 4.69) is 127 Å². The molecule has 0 N–H and O–H groups in total. The molecule has 92 heavy (non-hydrogen) atoms. The first-order chi connectivity index (χ1) is 45.3. The summed E-state index contributed by atoms with van der Waals surface area (Å²) in [5.74, 6) is 1.49. The molecular formula is C82H50F3N7. The van der Waals surface area contributed by atoms with Gasteiger partial charge in [-0.15, -0.1) is 0 Å². The van der Waals surface area contributed by atoms with Crippen LogP contribution in [0.5, 0.6) is 0 Å². The van der Waals surface area contributed by atoms with E-state index in [1.165, 1.54) is 6.07 Å². The molecule has 0 aliphatic rings. The molecule has 434 valence electrons. The van der Waals surface area contributed by atoms with Crippen molar-refractivity contribution in [2.24, 2.45) is 0 Å². The molecule has 5 aromatic heterocycles. The molecule has 0 bridgehead atoms. The molecule has 0 aliphatic carbocycles. The Morgan fingerprint density at radius 2 is 0.565 bits per heavy atom. The molecular weight excluding hydrogens is 1140 g/mol. The van der Waals surface area contributed by atoms with Crippen LogP contribution in [-0.4, -0.2) is 33.2 Å². The first-order valence-corrected chi connectivity index (χ1v) is 30.7. The van der Waals surface area contributed by atoms with Gasteiger partial charge in [-0.2, -0.15) is 13.2 Å². The maximum atomic E-state index is 17.1. The number of nitrogens with zero attached hydrogens (tertiary/aromatic N) is 7. The van der Waals surface area contributed by atoms with Gasteiger partial charge in [0, 0.05) is 82.3 Å². The third kappa shape index (κ3) is 8.27. The molecule has 0 saturated heterocycles. The van der Waals surface area contributed by atoms with Crippen molar-refractivity contribution >= 4 is 87.2 Å². The van der Waals surface area contributed by atoms with Crippen LogP contribution in [0.15, 0.2) is 303 Å². The minimum absolute atomic E-state index is 0.0314. The molecule has 0 amide bonds. The van der Waals surface area contributed by atoms with Gasteiger partial charge in [-0.05, 0) is 102 Å². The molecule has 7 nitrogen and oxygen atoms in total. The van der Waals surface area contributed by atoms with Gasteiger partial charge >= 0.3 is 6.18 Å². The van der Waals surface area contributed by atoms with Crippen LogP contribution in [0.25, 0.3) is 166 Å². The van der Waals surface area contributed by atoms with Crippen LogP contribution in [0, 0.1) is 0 Å². The van der Waals surface area contributed by atoms with Crippen LogP contribution >= 0.6 is 0 Å². The lowest BCUT2D eigenvalue weighted by Gasteiger charge is -2.25. The normalized spacial score (nSPS) is 12.1. The van der Waals surface area contributed by atoms with Crippen molar-refractivity contribution in [1.29, 1.82) is 0 Å². The molecule has 13 aromatic carbocycles. The molecule has 0 saturated carbocycles. The fourth-order valence-corrected chi connectivity index (χ4v) is 14.3. The Bertz CT molecular complexity index is 5910. The van der Waals surface area contributed by atoms with Gasteiger partial charge < -0.3 is 18.3 Å². The van der Waals surface area contributed by atoms with E-state index >= 15 is 13.2 Å². The molecule has 0 atom stereocenters. The lowest BCUT2D eigenvalue weighted by Crippen LogP contribution is -2.12. The van der Waals surface area contributed by atoms with Crippen molar-refractivity contribution in [3.63, 3.8) is 0 Å². The van der Waals surface area contributed by atoms with Crippen LogP contribution in [0.2, 0.25) is 0 Å². The van der Waals surface area contributed by atoms with Gasteiger partial charge in [0.05, 0.1) is 61.1 Å². The van der Waals surface area contributed by atoms with Gasteiger partial charge in [-0.1, -0.05) is 212 Å². The van der Waals surface area contributed by atoms with Gasteiger partial charge in [0.2, 0.25) is 0 Å². The summed E-state index contributed by atoms with van der Waals surface area (Å²) in [4.78, 5) is 15.1. The van der Waals surface area contributed by atoms with Gasteiger partial charge in [0.25, 0.3) is 0 Å². The SMILES string of the molecule is FC(F)(F)c1cccc(-n2c3ccccc3c3cc4c5ccccc5n(-c5ccccc5)c4cc32)c1-c1c(-c2ccc(-c3nc(-c4ccccc4)nc(-c4ccccc4)n3)cc2)cccc1-n1c2ccccc2c2cc3c4ccccc4n(-c4ccccc4)c3cc21. The zero-order valence-corrected chi connectivity index (χ0v) is 49.1. The standard InChI is InChI=1S/C82H50F3N7/c83-82(84,85)66-36-22-42-72(92-70-40-20-16-34-61(70)65-48-63-59-32-14-18-38-68(59)90(74(63)50-76(65)92)56-29-11-4-12-30-56)78(66)77-57(51-43-45-54(46-44-51)81-87-79(52-23-5-1-6-24-52)86-80(88-81)53-25-7-2-8-26-53)35-21-41-71(77)91-69-39-19-15-33-60(69)64-47-62-58-31-13-17-37-67(58)89(73(62)49-75(64)91)55-27-9-3-10-28-55/h1-50H. The van der Waals surface area contributed by atoms with Crippen molar-refractivity contribution in [3.8, 4) is 79.2 Å². The highest BCUT2D eigenvalue weighted by Crippen LogP contribution is 2.51. The summed E-state index contributed by atoms with van der Waals surface area (Å²) in [6.45, 7) is 0. The summed E-state index contributed by atoms with van der Waals surface area (Å²) in [6.07, 6.45) is -4.83. The van der Waals surface area contributed by atoms with E-state index < -0.39 is 11.7 Å². The Kier molecular flexibility index (Phi) is 11.9. The van der Waals surface area contributed by atoms with E-state index in [4.69, 9.17) is 15.0 Å². The highest BCUT2D eigenvalue weighted by atomic mass is 19.4. The Balaban J connectivity index is 0.951. The summed E-state index contributed by atoms with van der Waals surface area (Å²) in [6, 6.07) is 101. The number of benzene rings is 13. The predicted molar refractivity (Wildman–Crippen MR) is 369 cm³/mol. The molecule has 0 unspecified atom stereocenters. The monoisotopic (exact) mass is 1190 g/mol. The number of para-hydroxylation sites is 6. The average Bonchev–Trinajstić information content (AvgIpc) is 1.52. The lowest BCUT2D eigenvalue weighted by molar-refractivity contribution is -0.137. The zero-order valence-electron chi connectivity index (χ0n) is 49.1. The molecule has 5 heterocycles. The van der Waals surface area contributed by atoms with Crippen molar-refractivity contribution < 1.29 is 13.2 Å². The lowest BCUT2D eigenvalue weighted by atomic mass is 9.88. The predicted octanol–water partition coefficient (Wildman–Crippen LogP) is 21.6. The minimum atomic E-state index is -4.83. The largest absolute Gasteiger partial charge is 0.417 e. The van der Waals surface area contributed by atoms with Crippen molar-refractivity contribution in [2.75, 3.05) is 0 Å². The number of hydrogen-bond acceptors (Lipinski definition) is 3. The van der Waals surface area contributed by atoms with Gasteiger partial charge in [-0.3, -0.25) is 0 Å². The summed E-state index contributed by atoms with van der Waals surface area (Å²) in [7, 11) is 0. The number of alkyl halides is 3. The third-order valence-corrected chi connectivity index (χ3v) is 18.2. The van der Waals surface area contributed by atoms with Crippen LogP contribution in [0.3, 0.4) is 0 Å². The molecule has 10 heteroatoms. The van der Waals surface area contributed by atoms with E-state index in [1.54, 1.807) is 6.07 Å². The fraction of sp³-hybridized carbons (Fsp3) is 0.0122. The van der Waals surface area contributed by atoms with Crippen molar-refractivity contribution in [3.05, 3.63) is 309 Å². The number of fused-ring (bicyclic) bond motifs is 12. The average molecular weight is 1190 g/mol. The van der Waals surface area contributed by atoms with E-state index in [0.717, 1.165) is 110 Å². The molecule has 0 aliphatic heterocycles. The molecule has 18 rings (SSSR count). The summed E-state index contributed by atoms with van der Waals surface area (Å²) in [5, 5.41) is 8.04. The number of aromatic nitrogens is 7. The Labute approximate surface area is 525 Å². The Hall–Kier alpha value is -12.1. The van der Waals surface area contributed by atoms with Crippen LogP contribution in [-0.2, 0) is 6.18 Å². The zero-order chi connectivity index (χ0) is 61.2. The maximum absolute atomic E-state index is 17.1. The van der Waals surface area contributed by atoms with E-state index in [9.17, 15) is 0 Å². The summed E-state index contributed by atoms with van der Waals surface area (Å²) < 4.78 is 60.0. The second-order valence-corrected chi connectivity index (χ2v) is 23.4. The molecule has 18 aromatic rings. The Morgan fingerprint density at radius 1 is 0.239 bits per heavy atom. The van der Waals surface area contributed by atoms with Crippen LogP contribution in [0.4, 0.5) is 13.2 Å². The first kappa shape index (κ1) is 52.9. The van der Waals surface area contributed by atoms with Crippen molar-refractivity contribution in [1.82, 2.24) is 33.2 Å². The van der Waals surface area contributed by atoms with Gasteiger partial charge in [-0.25, -0.2) is 15.0 Å². The fourth-order valence-electron chi connectivity index (χ4n) is 14.3. The smallest absolute Gasteiger partial charge is 0.309 e. The number of halogens is 3. The van der Waals surface area contributed by atoms with Crippen LogP contribution in [0.1, 0.15) is 5.56 Å². The minimum Gasteiger partial charge on any atom is -0.309 e. The van der Waals surface area contributed by atoms with E-state index in [0.29, 0.717) is 51.1 Å². The number of rotatable bonds is 9. The maximum Gasteiger partial charge on any atom is 0.417 e. The highest BCUT2D eigenvalue weighted by molar-refractivity contribution is 6.21. The molecule has 0 fully saturated rings. The van der Waals surface area contributed by atoms with E-state index in [1.807, 2.05) is 182 Å².